The maximum atomic E-state index is 5.09. The summed E-state index contributed by atoms with van der Waals surface area (Å²) in [5, 5.41) is 6.91. The Morgan fingerprint density at radius 2 is 1.92 bits per heavy atom. The van der Waals surface area contributed by atoms with Gasteiger partial charge in [-0.2, -0.15) is 0 Å². The number of nitrogens with zero attached hydrogens (tertiary/aromatic N) is 2. The highest BCUT2D eigenvalue weighted by molar-refractivity contribution is 14.0. The summed E-state index contributed by atoms with van der Waals surface area (Å²) in [6, 6.07) is 10.8. The first-order valence-corrected chi connectivity index (χ1v) is 8.88. The highest BCUT2D eigenvalue weighted by Gasteiger charge is 2.43. The van der Waals surface area contributed by atoms with E-state index >= 15 is 0 Å². The average Bonchev–Trinajstić information content (AvgIpc) is 3.40. The fraction of sp³-hybridized carbons (Fsp3) is 0.632. The summed E-state index contributed by atoms with van der Waals surface area (Å²) in [5.74, 6) is 0.891. The first kappa shape index (κ1) is 22.2. The van der Waals surface area contributed by atoms with Crippen molar-refractivity contribution < 1.29 is 4.74 Å². The lowest BCUT2D eigenvalue weighted by Gasteiger charge is -2.20. The summed E-state index contributed by atoms with van der Waals surface area (Å²) in [4.78, 5) is 6.65. The van der Waals surface area contributed by atoms with Crippen LogP contribution in [0.25, 0.3) is 0 Å². The van der Waals surface area contributed by atoms with Gasteiger partial charge in [-0.1, -0.05) is 30.3 Å². The second-order valence-corrected chi connectivity index (χ2v) is 6.65. The van der Waals surface area contributed by atoms with Crippen molar-refractivity contribution in [2.24, 2.45) is 4.99 Å². The van der Waals surface area contributed by atoms with Gasteiger partial charge in [-0.05, 0) is 31.9 Å². The molecule has 0 spiro atoms. The molecule has 1 aliphatic rings. The first-order chi connectivity index (χ1) is 11.7. The minimum absolute atomic E-state index is 0. The van der Waals surface area contributed by atoms with Gasteiger partial charge in [0.1, 0.15) is 0 Å². The number of methoxy groups -OCH3 is 1. The molecule has 0 unspecified atom stereocenters. The summed E-state index contributed by atoms with van der Waals surface area (Å²) in [6.45, 7) is 4.71. The molecule has 1 aliphatic carbocycles. The van der Waals surface area contributed by atoms with E-state index in [1.54, 1.807) is 7.11 Å². The smallest absolute Gasteiger partial charge is 0.191 e. The molecular formula is C19H33IN4O. The van der Waals surface area contributed by atoms with Gasteiger partial charge in [0.25, 0.3) is 0 Å². The molecule has 1 aromatic rings. The van der Waals surface area contributed by atoms with Crippen molar-refractivity contribution in [3.8, 4) is 0 Å². The Labute approximate surface area is 169 Å². The SMILES string of the molecule is CN=C(NCCN(C)CCCOC)NCC1(c2ccccc2)CC1.I. The van der Waals surface area contributed by atoms with Crippen LogP contribution in [0.2, 0.25) is 0 Å². The van der Waals surface area contributed by atoms with Gasteiger partial charge in [0.15, 0.2) is 5.96 Å². The van der Waals surface area contributed by atoms with Gasteiger partial charge in [0.05, 0.1) is 0 Å². The number of halogens is 1. The van der Waals surface area contributed by atoms with Crippen LogP contribution in [-0.4, -0.2) is 64.9 Å². The van der Waals surface area contributed by atoms with Crippen LogP contribution in [-0.2, 0) is 10.2 Å². The van der Waals surface area contributed by atoms with Gasteiger partial charge < -0.3 is 20.3 Å². The van der Waals surface area contributed by atoms with E-state index in [1.807, 2.05) is 7.05 Å². The highest BCUT2D eigenvalue weighted by atomic mass is 127. The fourth-order valence-corrected chi connectivity index (χ4v) is 2.94. The molecule has 6 heteroatoms. The summed E-state index contributed by atoms with van der Waals surface area (Å²) in [7, 11) is 5.72. The molecule has 0 radical (unpaired) electrons. The number of rotatable bonds is 10. The van der Waals surface area contributed by atoms with Crippen molar-refractivity contribution in [3.63, 3.8) is 0 Å². The van der Waals surface area contributed by atoms with E-state index in [9.17, 15) is 0 Å². The molecule has 1 fully saturated rings. The summed E-state index contributed by atoms with van der Waals surface area (Å²) >= 11 is 0. The van der Waals surface area contributed by atoms with Gasteiger partial charge in [0, 0.05) is 52.4 Å². The lowest BCUT2D eigenvalue weighted by molar-refractivity contribution is 0.180. The van der Waals surface area contributed by atoms with Crippen LogP contribution < -0.4 is 10.6 Å². The van der Waals surface area contributed by atoms with Crippen molar-refractivity contribution in [1.29, 1.82) is 0 Å². The fourth-order valence-electron chi connectivity index (χ4n) is 2.94. The van der Waals surface area contributed by atoms with E-state index in [1.165, 1.54) is 18.4 Å². The maximum absolute atomic E-state index is 5.09. The zero-order valence-electron chi connectivity index (χ0n) is 15.8. The lowest BCUT2D eigenvalue weighted by atomic mass is 9.96. The van der Waals surface area contributed by atoms with Crippen LogP contribution in [0.4, 0.5) is 0 Å². The molecule has 0 aromatic heterocycles. The molecule has 0 saturated heterocycles. The molecule has 1 aromatic carbocycles. The van der Waals surface area contributed by atoms with Crippen molar-refractivity contribution in [1.82, 2.24) is 15.5 Å². The Morgan fingerprint density at radius 1 is 1.20 bits per heavy atom. The van der Waals surface area contributed by atoms with E-state index in [2.05, 4.69) is 57.9 Å². The second kappa shape index (κ2) is 11.7. The zero-order chi connectivity index (χ0) is 17.3. The quantitative estimate of drug-likeness (QED) is 0.244. The normalized spacial score (nSPS) is 15.6. The van der Waals surface area contributed by atoms with Crippen molar-refractivity contribution >= 4 is 29.9 Å². The van der Waals surface area contributed by atoms with E-state index in [0.29, 0.717) is 5.41 Å². The summed E-state index contributed by atoms with van der Waals surface area (Å²) in [5.41, 5.74) is 1.74. The average molecular weight is 460 g/mol. The van der Waals surface area contributed by atoms with E-state index in [0.717, 1.165) is 45.2 Å². The molecule has 0 amide bonds. The number of ether oxygens (including phenoxy) is 1. The zero-order valence-corrected chi connectivity index (χ0v) is 18.1. The number of benzene rings is 1. The summed E-state index contributed by atoms with van der Waals surface area (Å²) in [6.07, 6.45) is 3.58. The number of hydrogen-bond acceptors (Lipinski definition) is 3. The van der Waals surface area contributed by atoms with E-state index in [4.69, 9.17) is 4.74 Å². The topological polar surface area (TPSA) is 48.9 Å². The molecule has 0 atom stereocenters. The van der Waals surface area contributed by atoms with Gasteiger partial charge in [-0.25, -0.2) is 0 Å². The van der Waals surface area contributed by atoms with Crippen LogP contribution in [0.15, 0.2) is 35.3 Å². The molecule has 0 heterocycles. The number of aliphatic imine (C=N–C) groups is 1. The number of guanidine groups is 1. The molecule has 0 bridgehead atoms. The van der Waals surface area contributed by atoms with Crippen molar-refractivity contribution in [2.75, 3.05) is 54.0 Å². The minimum atomic E-state index is 0. The molecule has 0 aliphatic heterocycles. The van der Waals surface area contributed by atoms with E-state index < -0.39 is 0 Å². The Bertz CT molecular complexity index is 505. The van der Waals surface area contributed by atoms with Crippen LogP contribution in [0.1, 0.15) is 24.8 Å². The van der Waals surface area contributed by atoms with Crippen LogP contribution >= 0.6 is 24.0 Å². The minimum Gasteiger partial charge on any atom is -0.385 e. The monoisotopic (exact) mass is 460 g/mol. The van der Waals surface area contributed by atoms with Gasteiger partial charge in [0.2, 0.25) is 0 Å². The molecule has 142 valence electrons. The van der Waals surface area contributed by atoms with Gasteiger partial charge in [-0.15, -0.1) is 24.0 Å². The third-order valence-electron chi connectivity index (χ3n) is 4.73. The van der Waals surface area contributed by atoms with Crippen LogP contribution in [0, 0.1) is 0 Å². The van der Waals surface area contributed by atoms with Crippen molar-refractivity contribution in [3.05, 3.63) is 35.9 Å². The molecule has 5 nitrogen and oxygen atoms in total. The second-order valence-electron chi connectivity index (χ2n) is 6.65. The third kappa shape index (κ3) is 7.50. The Hall–Kier alpha value is -0.860. The third-order valence-corrected chi connectivity index (χ3v) is 4.73. The molecule has 1 saturated carbocycles. The molecular weight excluding hydrogens is 427 g/mol. The maximum Gasteiger partial charge on any atom is 0.191 e. The lowest BCUT2D eigenvalue weighted by Crippen LogP contribution is -2.43. The van der Waals surface area contributed by atoms with Crippen LogP contribution in [0.3, 0.4) is 0 Å². The Balaban J connectivity index is 0.00000312. The van der Waals surface area contributed by atoms with E-state index in [-0.39, 0.29) is 24.0 Å². The first-order valence-electron chi connectivity index (χ1n) is 8.88. The predicted octanol–water partition coefficient (Wildman–Crippen LogP) is 2.47. The Morgan fingerprint density at radius 3 is 2.52 bits per heavy atom. The van der Waals surface area contributed by atoms with Gasteiger partial charge in [-0.3, -0.25) is 4.99 Å². The largest absolute Gasteiger partial charge is 0.385 e. The highest BCUT2D eigenvalue weighted by Crippen LogP contribution is 2.47. The molecule has 2 N–H and O–H groups in total. The van der Waals surface area contributed by atoms with Gasteiger partial charge >= 0.3 is 0 Å². The Kier molecular flexibility index (Phi) is 10.4. The molecule has 25 heavy (non-hydrogen) atoms. The predicted molar refractivity (Wildman–Crippen MR) is 116 cm³/mol. The number of hydrogen-bond donors (Lipinski definition) is 2. The summed E-state index contributed by atoms with van der Waals surface area (Å²) < 4.78 is 5.09. The van der Waals surface area contributed by atoms with Crippen molar-refractivity contribution in [2.45, 2.75) is 24.7 Å². The number of nitrogens with one attached hydrogen (secondary N) is 2. The standard InChI is InChI=1S/C19H32N4O.HI/c1-20-18(21-12-14-23(2)13-7-15-24-3)22-16-19(10-11-19)17-8-5-4-6-9-17;/h4-6,8-9H,7,10-16H2,1-3H3,(H2,20,21,22);1H. The molecule has 2 rings (SSSR count). The number of likely N-dealkylation sites (N-methyl/N-ethyl adjacent to an activating group) is 1. The van der Waals surface area contributed by atoms with Crippen LogP contribution in [0.5, 0.6) is 0 Å².